The van der Waals surface area contributed by atoms with E-state index in [-0.39, 0.29) is 10.9 Å². The van der Waals surface area contributed by atoms with Crippen molar-refractivity contribution < 1.29 is 8.42 Å². The second kappa shape index (κ2) is 8.14. The molecule has 2 aromatic carbocycles. The van der Waals surface area contributed by atoms with Crippen LogP contribution < -0.4 is 10.3 Å². The van der Waals surface area contributed by atoms with Gasteiger partial charge < -0.3 is 0 Å². The number of aryl methyl sites for hydroxylation is 1. The Bertz CT molecular complexity index is 821. The maximum Gasteiger partial charge on any atom is 0.253 e. The monoisotopic (exact) mass is 384 g/mol. The summed E-state index contributed by atoms with van der Waals surface area (Å²) < 4.78 is 24.7. The zero-order chi connectivity index (χ0) is 17.7. The van der Waals surface area contributed by atoms with Gasteiger partial charge in [0.2, 0.25) is 0 Å². The first-order chi connectivity index (χ1) is 11.3. The fourth-order valence-corrected chi connectivity index (χ4v) is 3.32. The van der Waals surface area contributed by atoms with Gasteiger partial charge in [-0.05, 0) is 43.2 Å². The first kappa shape index (κ1) is 19.0. The summed E-state index contributed by atoms with van der Waals surface area (Å²) in [5.74, 6) is 0. The molecule has 0 saturated heterocycles. The summed E-state index contributed by atoms with van der Waals surface area (Å²) in [7, 11) is -3.67. The fourth-order valence-electron chi connectivity index (χ4n) is 2.10. The number of sulfonamides is 1. The molecular formula is C17H18Cl2N2O2S. The molecular weight excluding hydrogens is 367 g/mol. The number of hydrogen-bond donors (Lipinski definition) is 2. The third-order valence-electron chi connectivity index (χ3n) is 3.45. The lowest BCUT2D eigenvalue weighted by molar-refractivity contribution is 0.494. The van der Waals surface area contributed by atoms with Crippen LogP contribution in [0.2, 0.25) is 10.0 Å². The van der Waals surface area contributed by atoms with Crippen molar-refractivity contribution in [3.8, 4) is 0 Å². The lowest BCUT2D eigenvalue weighted by Crippen LogP contribution is -2.39. The van der Waals surface area contributed by atoms with E-state index in [1.165, 1.54) is 0 Å². The topological polar surface area (TPSA) is 58.2 Å². The predicted molar refractivity (Wildman–Crippen MR) is 98.7 cm³/mol. The highest BCUT2D eigenvalue weighted by Crippen LogP contribution is 2.27. The van der Waals surface area contributed by atoms with Gasteiger partial charge in [0.15, 0.2) is 0 Å². The highest BCUT2D eigenvalue weighted by molar-refractivity contribution is 7.89. The highest BCUT2D eigenvalue weighted by atomic mass is 35.5. The quantitative estimate of drug-likeness (QED) is 0.549. The average Bonchev–Trinajstić information content (AvgIpc) is 2.54. The van der Waals surface area contributed by atoms with E-state index in [0.29, 0.717) is 16.5 Å². The van der Waals surface area contributed by atoms with Crippen molar-refractivity contribution in [2.24, 2.45) is 0 Å². The van der Waals surface area contributed by atoms with Gasteiger partial charge in [-0.2, -0.15) is 0 Å². The molecule has 0 aliphatic heterocycles. The van der Waals surface area contributed by atoms with E-state index in [1.54, 1.807) is 48.5 Å². The molecule has 0 fully saturated rings. The number of hydrazine groups is 1. The number of hydrogen-bond acceptors (Lipinski definition) is 3. The van der Waals surface area contributed by atoms with Gasteiger partial charge >= 0.3 is 0 Å². The van der Waals surface area contributed by atoms with Crippen LogP contribution in [-0.2, 0) is 10.0 Å². The first-order valence-corrected chi connectivity index (χ1v) is 9.47. The number of rotatable bonds is 7. The maximum absolute atomic E-state index is 12.4. The van der Waals surface area contributed by atoms with E-state index in [4.69, 9.17) is 23.2 Å². The van der Waals surface area contributed by atoms with Gasteiger partial charge in [0.1, 0.15) is 0 Å². The zero-order valence-electron chi connectivity index (χ0n) is 13.1. The molecule has 0 saturated carbocycles. The third kappa shape index (κ3) is 4.82. The Morgan fingerprint density at radius 1 is 1.12 bits per heavy atom. The van der Waals surface area contributed by atoms with E-state index in [1.807, 2.05) is 6.92 Å². The minimum atomic E-state index is -3.67. The molecule has 0 spiro atoms. The lowest BCUT2D eigenvalue weighted by Gasteiger charge is -2.19. The molecule has 24 heavy (non-hydrogen) atoms. The molecule has 0 heterocycles. The molecule has 0 bridgehead atoms. The largest absolute Gasteiger partial charge is 0.253 e. The maximum atomic E-state index is 12.4. The Kier molecular flexibility index (Phi) is 6.43. The Morgan fingerprint density at radius 3 is 2.38 bits per heavy atom. The summed E-state index contributed by atoms with van der Waals surface area (Å²) in [5.41, 5.74) is 4.62. The molecule has 0 unspecified atom stereocenters. The molecule has 0 radical (unpaired) electrons. The van der Waals surface area contributed by atoms with E-state index >= 15 is 0 Å². The van der Waals surface area contributed by atoms with Crippen LogP contribution in [0.4, 0.5) is 0 Å². The Hall–Kier alpha value is -1.37. The van der Waals surface area contributed by atoms with Crippen LogP contribution in [0.1, 0.15) is 23.6 Å². The van der Waals surface area contributed by atoms with E-state index in [0.717, 1.165) is 11.1 Å². The number of halogens is 2. The van der Waals surface area contributed by atoms with Crippen LogP contribution in [-0.4, -0.2) is 8.42 Å². The molecule has 0 amide bonds. The van der Waals surface area contributed by atoms with E-state index in [2.05, 4.69) is 16.8 Å². The smallest absolute Gasteiger partial charge is 0.236 e. The van der Waals surface area contributed by atoms with Crippen molar-refractivity contribution in [1.29, 1.82) is 0 Å². The first-order valence-electron chi connectivity index (χ1n) is 7.23. The van der Waals surface area contributed by atoms with Crippen molar-refractivity contribution in [3.63, 3.8) is 0 Å². The van der Waals surface area contributed by atoms with Crippen LogP contribution in [0.15, 0.2) is 60.0 Å². The van der Waals surface area contributed by atoms with Crippen molar-refractivity contribution in [2.75, 3.05) is 0 Å². The van der Waals surface area contributed by atoms with Gasteiger partial charge in [-0.15, -0.1) is 11.4 Å². The summed E-state index contributed by atoms with van der Waals surface area (Å²) in [6, 6.07) is 11.4. The Morgan fingerprint density at radius 2 is 1.79 bits per heavy atom. The Balaban J connectivity index is 2.17. The molecule has 7 heteroatoms. The van der Waals surface area contributed by atoms with Gasteiger partial charge in [0.25, 0.3) is 10.0 Å². The van der Waals surface area contributed by atoms with Crippen molar-refractivity contribution >= 4 is 33.2 Å². The molecule has 0 aromatic heterocycles. The molecule has 2 rings (SSSR count). The second-order valence-electron chi connectivity index (χ2n) is 5.31. The minimum absolute atomic E-state index is 0.187. The molecule has 128 valence electrons. The summed E-state index contributed by atoms with van der Waals surface area (Å²) in [5, 5.41) is 0.851. The lowest BCUT2D eigenvalue weighted by atomic mass is 10.0. The van der Waals surface area contributed by atoms with Crippen molar-refractivity contribution in [1.82, 2.24) is 10.3 Å². The Labute approximate surface area is 152 Å². The summed E-state index contributed by atoms with van der Waals surface area (Å²) in [4.78, 5) is 2.60. The molecule has 4 nitrogen and oxygen atoms in total. The van der Waals surface area contributed by atoms with Crippen LogP contribution >= 0.6 is 23.2 Å². The SMILES string of the molecule is C=CC[C@@H](NNS(=O)(=O)c1ccc(C)cc1)c1ccc(Cl)c(Cl)c1. The molecule has 2 aromatic rings. The minimum Gasteiger partial charge on any atom is -0.236 e. The van der Waals surface area contributed by atoms with Crippen LogP contribution in [0.3, 0.4) is 0 Å². The predicted octanol–water partition coefficient (Wildman–Crippen LogP) is 4.40. The number of nitrogens with one attached hydrogen (secondary N) is 2. The van der Waals surface area contributed by atoms with E-state index < -0.39 is 10.0 Å². The van der Waals surface area contributed by atoms with Gasteiger partial charge in [0, 0.05) is 0 Å². The van der Waals surface area contributed by atoms with Crippen LogP contribution in [0.25, 0.3) is 0 Å². The molecule has 0 aliphatic carbocycles. The highest BCUT2D eigenvalue weighted by Gasteiger charge is 2.17. The summed E-state index contributed by atoms with van der Waals surface area (Å²) >= 11 is 12.0. The van der Waals surface area contributed by atoms with Crippen molar-refractivity contribution in [3.05, 3.63) is 76.3 Å². The fraction of sp³-hybridized carbons (Fsp3) is 0.176. The molecule has 2 N–H and O–H groups in total. The average molecular weight is 385 g/mol. The van der Waals surface area contributed by atoms with Gasteiger partial charge in [-0.25, -0.2) is 13.8 Å². The van der Waals surface area contributed by atoms with E-state index in [9.17, 15) is 8.42 Å². The van der Waals surface area contributed by atoms with Gasteiger partial charge in [-0.1, -0.05) is 53.0 Å². The van der Waals surface area contributed by atoms with Crippen LogP contribution in [0, 0.1) is 6.92 Å². The van der Waals surface area contributed by atoms with Gasteiger partial charge in [0.05, 0.1) is 21.0 Å². The van der Waals surface area contributed by atoms with Gasteiger partial charge in [-0.3, -0.25) is 0 Å². The number of benzene rings is 2. The summed E-state index contributed by atoms with van der Waals surface area (Å²) in [6.07, 6.45) is 2.20. The molecule has 0 aliphatic rings. The normalized spacial score (nSPS) is 12.8. The second-order valence-corrected chi connectivity index (χ2v) is 7.81. The summed E-state index contributed by atoms with van der Waals surface area (Å²) in [6.45, 7) is 5.60. The third-order valence-corrected chi connectivity index (χ3v) is 5.47. The van der Waals surface area contributed by atoms with Crippen molar-refractivity contribution in [2.45, 2.75) is 24.3 Å². The molecule has 1 atom stereocenters. The zero-order valence-corrected chi connectivity index (χ0v) is 15.4. The standard InChI is InChI=1S/C17H18Cl2N2O2S/c1-3-4-17(13-7-10-15(18)16(19)11-13)20-21-24(22,23)14-8-5-12(2)6-9-14/h3,5-11,17,20-21H,1,4H2,2H3/t17-/m1/s1. The van der Waals surface area contributed by atoms with Crippen LogP contribution in [0.5, 0.6) is 0 Å².